The zero-order valence-electron chi connectivity index (χ0n) is 11.0. The Hall–Kier alpha value is -0.350. The smallest absolute Gasteiger partial charge is 0.166 e. The second kappa shape index (κ2) is 9.66. The minimum Gasteiger partial charge on any atom is -0.385 e. The average Bonchev–Trinajstić information content (AvgIpc) is 2.28. The van der Waals surface area contributed by atoms with Gasteiger partial charge in [0.2, 0.25) is 0 Å². The number of nitrogens with one attached hydrogen (secondary N) is 2. The molecule has 0 radical (unpaired) electrons. The van der Waals surface area contributed by atoms with Gasteiger partial charge in [0.05, 0.1) is 0 Å². The molecule has 3 nitrogen and oxygen atoms in total. The molecule has 17 heavy (non-hydrogen) atoms. The van der Waals surface area contributed by atoms with E-state index in [9.17, 15) is 0 Å². The molecule has 0 atom stereocenters. The minimum absolute atomic E-state index is 0.581. The second-order valence-corrected chi connectivity index (χ2v) is 5.20. The van der Waals surface area contributed by atoms with Gasteiger partial charge in [0.1, 0.15) is 0 Å². The Morgan fingerprint density at radius 3 is 2.47 bits per heavy atom. The quantitative estimate of drug-likeness (QED) is 0.586. The van der Waals surface area contributed by atoms with Crippen molar-refractivity contribution in [2.75, 3.05) is 20.3 Å². The van der Waals surface area contributed by atoms with Crippen LogP contribution < -0.4 is 10.6 Å². The first-order valence-electron chi connectivity index (χ1n) is 6.86. The van der Waals surface area contributed by atoms with Gasteiger partial charge in [-0.3, -0.25) is 0 Å². The van der Waals surface area contributed by atoms with Gasteiger partial charge < -0.3 is 15.4 Å². The lowest BCUT2D eigenvalue weighted by Crippen LogP contribution is -2.42. The summed E-state index contributed by atoms with van der Waals surface area (Å²) in [5, 5.41) is 7.50. The summed E-state index contributed by atoms with van der Waals surface area (Å²) in [5.74, 6) is 0. The fourth-order valence-corrected chi connectivity index (χ4v) is 2.52. The zero-order valence-corrected chi connectivity index (χ0v) is 11.8. The number of methoxy groups -OCH3 is 1. The number of hydrogen-bond donors (Lipinski definition) is 2. The summed E-state index contributed by atoms with van der Waals surface area (Å²) in [6.45, 7) is 1.69. The molecular formula is C13H26N2OS. The van der Waals surface area contributed by atoms with E-state index < -0.39 is 0 Å². The maximum atomic E-state index is 5.30. The molecule has 0 heterocycles. The Labute approximate surface area is 111 Å². The molecule has 0 amide bonds. The first-order chi connectivity index (χ1) is 8.33. The van der Waals surface area contributed by atoms with Crippen LogP contribution in [-0.2, 0) is 4.74 Å². The fraction of sp³-hybridized carbons (Fsp3) is 0.923. The molecule has 100 valence electrons. The van der Waals surface area contributed by atoms with Crippen LogP contribution >= 0.6 is 12.2 Å². The first-order valence-corrected chi connectivity index (χ1v) is 7.27. The second-order valence-electron chi connectivity index (χ2n) is 4.79. The van der Waals surface area contributed by atoms with Gasteiger partial charge in [-0.15, -0.1) is 0 Å². The normalized spacial score (nSPS) is 18.2. The number of ether oxygens (including phenoxy) is 1. The summed E-state index contributed by atoms with van der Waals surface area (Å²) < 4.78 is 5.00. The number of hydrogen-bond acceptors (Lipinski definition) is 2. The van der Waals surface area contributed by atoms with Gasteiger partial charge in [-0.05, 0) is 31.5 Å². The molecule has 0 aliphatic heterocycles. The third-order valence-electron chi connectivity index (χ3n) is 3.25. The molecule has 4 heteroatoms. The SMILES string of the molecule is COCCCNC(=S)NC1CCCCCCC1. The molecule has 0 aromatic heterocycles. The van der Waals surface area contributed by atoms with E-state index in [1.165, 1.54) is 44.9 Å². The zero-order chi connectivity index (χ0) is 12.3. The van der Waals surface area contributed by atoms with Crippen LogP contribution in [0.1, 0.15) is 51.4 Å². The van der Waals surface area contributed by atoms with Crippen molar-refractivity contribution in [1.29, 1.82) is 0 Å². The van der Waals surface area contributed by atoms with E-state index in [0.29, 0.717) is 6.04 Å². The van der Waals surface area contributed by atoms with Crippen LogP contribution in [0.3, 0.4) is 0 Å². The molecule has 1 rings (SSSR count). The molecule has 0 aromatic rings. The van der Waals surface area contributed by atoms with Crippen molar-refractivity contribution < 1.29 is 4.74 Å². The van der Waals surface area contributed by atoms with Crippen LogP contribution in [-0.4, -0.2) is 31.4 Å². The predicted octanol–water partition coefficient (Wildman–Crippen LogP) is 2.60. The molecule has 0 spiro atoms. The molecule has 0 bridgehead atoms. The van der Waals surface area contributed by atoms with E-state index in [2.05, 4.69) is 10.6 Å². The predicted molar refractivity (Wildman–Crippen MR) is 76.3 cm³/mol. The van der Waals surface area contributed by atoms with Crippen LogP contribution in [0.2, 0.25) is 0 Å². The van der Waals surface area contributed by atoms with Gasteiger partial charge in [-0.2, -0.15) is 0 Å². The fourth-order valence-electron chi connectivity index (χ4n) is 2.26. The summed E-state index contributed by atoms with van der Waals surface area (Å²) in [7, 11) is 1.73. The Bertz CT molecular complexity index is 204. The van der Waals surface area contributed by atoms with Gasteiger partial charge in [0.15, 0.2) is 5.11 Å². The Balaban J connectivity index is 2.10. The lowest BCUT2D eigenvalue weighted by molar-refractivity contribution is 0.195. The Kier molecular flexibility index (Phi) is 8.36. The van der Waals surface area contributed by atoms with Crippen LogP contribution in [0.15, 0.2) is 0 Å². The summed E-state index contributed by atoms with van der Waals surface area (Å²) >= 11 is 5.30. The molecule has 0 saturated heterocycles. The van der Waals surface area contributed by atoms with Crippen molar-refractivity contribution in [2.24, 2.45) is 0 Å². The third kappa shape index (κ3) is 7.55. The van der Waals surface area contributed by atoms with Crippen molar-refractivity contribution in [2.45, 2.75) is 57.4 Å². The standard InChI is InChI=1S/C13H26N2OS/c1-16-11-7-10-14-13(17)15-12-8-5-3-2-4-6-9-12/h12H,2-11H2,1H3,(H2,14,15,17). The molecule has 1 aliphatic rings. The highest BCUT2D eigenvalue weighted by Crippen LogP contribution is 2.16. The van der Waals surface area contributed by atoms with E-state index in [4.69, 9.17) is 17.0 Å². The maximum Gasteiger partial charge on any atom is 0.166 e. The van der Waals surface area contributed by atoms with Gasteiger partial charge in [-0.25, -0.2) is 0 Å². The highest BCUT2D eigenvalue weighted by Gasteiger charge is 2.11. The van der Waals surface area contributed by atoms with Crippen LogP contribution in [0.5, 0.6) is 0 Å². The summed E-state index contributed by atoms with van der Waals surface area (Å²) in [6.07, 6.45) is 10.4. The molecule has 2 N–H and O–H groups in total. The van der Waals surface area contributed by atoms with Crippen molar-refractivity contribution in [3.63, 3.8) is 0 Å². The van der Waals surface area contributed by atoms with Gasteiger partial charge in [0, 0.05) is 26.3 Å². The van der Waals surface area contributed by atoms with E-state index in [1.807, 2.05) is 0 Å². The van der Waals surface area contributed by atoms with E-state index in [1.54, 1.807) is 7.11 Å². The Morgan fingerprint density at radius 1 is 1.18 bits per heavy atom. The van der Waals surface area contributed by atoms with Crippen molar-refractivity contribution in [3.05, 3.63) is 0 Å². The molecule has 1 saturated carbocycles. The topological polar surface area (TPSA) is 33.3 Å². The highest BCUT2D eigenvalue weighted by molar-refractivity contribution is 7.80. The minimum atomic E-state index is 0.581. The number of rotatable bonds is 5. The third-order valence-corrected chi connectivity index (χ3v) is 3.51. The molecule has 0 unspecified atom stereocenters. The Morgan fingerprint density at radius 2 is 1.82 bits per heavy atom. The van der Waals surface area contributed by atoms with Crippen molar-refractivity contribution in [3.8, 4) is 0 Å². The van der Waals surface area contributed by atoms with E-state index in [0.717, 1.165) is 24.7 Å². The number of thiocarbonyl (C=S) groups is 1. The molecule has 1 fully saturated rings. The average molecular weight is 258 g/mol. The maximum absolute atomic E-state index is 5.30. The summed E-state index contributed by atoms with van der Waals surface area (Å²) in [5.41, 5.74) is 0. The highest BCUT2D eigenvalue weighted by atomic mass is 32.1. The largest absolute Gasteiger partial charge is 0.385 e. The van der Waals surface area contributed by atoms with Gasteiger partial charge in [-0.1, -0.05) is 32.1 Å². The van der Waals surface area contributed by atoms with Crippen molar-refractivity contribution >= 4 is 17.3 Å². The summed E-state index contributed by atoms with van der Waals surface area (Å²) in [4.78, 5) is 0. The first kappa shape index (κ1) is 14.7. The molecule has 0 aromatic carbocycles. The lowest BCUT2D eigenvalue weighted by Gasteiger charge is -2.22. The van der Waals surface area contributed by atoms with Gasteiger partial charge in [0.25, 0.3) is 0 Å². The summed E-state index contributed by atoms with van der Waals surface area (Å²) in [6, 6.07) is 0.581. The van der Waals surface area contributed by atoms with Crippen molar-refractivity contribution in [1.82, 2.24) is 10.6 Å². The van der Waals surface area contributed by atoms with E-state index >= 15 is 0 Å². The van der Waals surface area contributed by atoms with Crippen LogP contribution in [0.25, 0.3) is 0 Å². The monoisotopic (exact) mass is 258 g/mol. The van der Waals surface area contributed by atoms with Gasteiger partial charge >= 0.3 is 0 Å². The molecular weight excluding hydrogens is 232 g/mol. The lowest BCUT2D eigenvalue weighted by atomic mass is 9.97. The van der Waals surface area contributed by atoms with Crippen LogP contribution in [0.4, 0.5) is 0 Å². The van der Waals surface area contributed by atoms with E-state index in [-0.39, 0.29) is 0 Å². The molecule has 1 aliphatic carbocycles. The van der Waals surface area contributed by atoms with Crippen LogP contribution in [0, 0.1) is 0 Å².